The third-order valence-electron chi connectivity index (χ3n) is 3.37. The standard InChI is InChI=1S/C18H15Cl3N2O3/c1-23(18(24)10-19)4-5-25-14-2-3-16(21)17(9-14)26-15-7-12(11-22)6-13(20)8-15/h2-3,6-9H,4-5,10H2,1H3. The van der Waals surface area contributed by atoms with Gasteiger partial charge in [-0.3, -0.25) is 4.79 Å². The predicted octanol–water partition coefficient (Wildman–Crippen LogP) is 4.73. The molecule has 2 aromatic carbocycles. The molecule has 0 unspecified atom stereocenters. The van der Waals surface area contributed by atoms with Gasteiger partial charge in [-0.1, -0.05) is 23.2 Å². The number of carbonyl (C=O) groups is 1. The summed E-state index contributed by atoms with van der Waals surface area (Å²) in [6.45, 7) is 0.681. The van der Waals surface area contributed by atoms with E-state index in [2.05, 4.69) is 0 Å². The van der Waals surface area contributed by atoms with Gasteiger partial charge in [-0.05, 0) is 30.3 Å². The fourth-order valence-electron chi connectivity index (χ4n) is 1.99. The van der Waals surface area contributed by atoms with Crippen molar-refractivity contribution in [3.05, 3.63) is 52.0 Å². The van der Waals surface area contributed by atoms with Crippen molar-refractivity contribution in [2.45, 2.75) is 0 Å². The van der Waals surface area contributed by atoms with Crippen LogP contribution in [0.4, 0.5) is 0 Å². The van der Waals surface area contributed by atoms with E-state index in [0.717, 1.165) is 0 Å². The van der Waals surface area contributed by atoms with Gasteiger partial charge in [0.25, 0.3) is 0 Å². The number of carbonyl (C=O) groups excluding carboxylic acids is 1. The highest BCUT2D eigenvalue weighted by Gasteiger charge is 2.09. The zero-order chi connectivity index (χ0) is 19.1. The molecule has 136 valence electrons. The summed E-state index contributed by atoms with van der Waals surface area (Å²) in [5.74, 6) is 1.03. The van der Waals surface area contributed by atoms with Crippen molar-refractivity contribution < 1.29 is 14.3 Å². The SMILES string of the molecule is CN(CCOc1ccc(Cl)c(Oc2cc(Cl)cc(C#N)c2)c1)C(=O)CCl. The lowest BCUT2D eigenvalue weighted by molar-refractivity contribution is -0.127. The lowest BCUT2D eigenvalue weighted by Crippen LogP contribution is -2.31. The van der Waals surface area contributed by atoms with E-state index in [1.807, 2.05) is 6.07 Å². The number of benzene rings is 2. The minimum absolute atomic E-state index is 0.0697. The van der Waals surface area contributed by atoms with E-state index >= 15 is 0 Å². The second-order valence-corrected chi connectivity index (χ2v) is 6.39. The Morgan fingerprint density at radius 2 is 1.96 bits per heavy atom. The topological polar surface area (TPSA) is 62.6 Å². The molecule has 0 heterocycles. The summed E-state index contributed by atoms with van der Waals surface area (Å²) in [4.78, 5) is 12.9. The van der Waals surface area contributed by atoms with Crippen LogP contribution in [0, 0.1) is 11.3 Å². The molecule has 0 aliphatic heterocycles. The molecular weight excluding hydrogens is 399 g/mol. The maximum absolute atomic E-state index is 11.4. The minimum Gasteiger partial charge on any atom is -0.492 e. The average molecular weight is 414 g/mol. The molecule has 0 bridgehead atoms. The first-order chi connectivity index (χ1) is 12.4. The Balaban J connectivity index is 2.07. The van der Waals surface area contributed by atoms with Crippen LogP contribution in [-0.2, 0) is 4.79 Å². The van der Waals surface area contributed by atoms with Gasteiger partial charge < -0.3 is 14.4 Å². The van der Waals surface area contributed by atoms with Gasteiger partial charge in [0.15, 0.2) is 0 Å². The van der Waals surface area contributed by atoms with E-state index in [9.17, 15) is 4.79 Å². The second kappa shape index (κ2) is 9.54. The van der Waals surface area contributed by atoms with Crippen molar-refractivity contribution in [1.29, 1.82) is 5.26 Å². The number of hydrogen-bond acceptors (Lipinski definition) is 4. The average Bonchev–Trinajstić information content (AvgIpc) is 2.62. The number of hydrogen-bond donors (Lipinski definition) is 0. The number of ether oxygens (including phenoxy) is 2. The molecular formula is C18H15Cl3N2O3. The summed E-state index contributed by atoms with van der Waals surface area (Å²) >= 11 is 17.6. The van der Waals surface area contributed by atoms with E-state index in [1.54, 1.807) is 37.4 Å². The number of likely N-dealkylation sites (N-methyl/N-ethyl adjacent to an activating group) is 1. The van der Waals surface area contributed by atoms with E-state index in [4.69, 9.17) is 49.5 Å². The third-order valence-corrected chi connectivity index (χ3v) is 4.13. The third kappa shape index (κ3) is 5.70. The summed E-state index contributed by atoms with van der Waals surface area (Å²) in [5.41, 5.74) is 0.378. The Labute approximate surface area is 166 Å². The Kier molecular flexibility index (Phi) is 7.40. The van der Waals surface area contributed by atoms with Crippen LogP contribution < -0.4 is 9.47 Å². The van der Waals surface area contributed by atoms with Crippen LogP contribution in [0.25, 0.3) is 0 Å². The van der Waals surface area contributed by atoms with Crippen molar-refractivity contribution in [3.63, 3.8) is 0 Å². The Morgan fingerprint density at radius 3 is 2.65 bits per heavy atom. The normalized spacial score (nSPS) is 10.1. The molecule has 0 fully saturated rings. The number of nitrogens with zero attached hydrogens (tertiary/aromatic N) is 2. The second-order valence-electron chi connectivity index (χ2n) is 5.28. The lowest BCUT2D eigenvalue weighted by atomic mass is 10.2. The first-order valence-corrected chi connectivity index (χ1v) is 8.83. The summed E-state index contributed by atoms with van der Waals surface area (Å²) < 4.78 is 11.3. The molecule has 0 aromatic heterocycles. The molecule has 0 spiro atoms. The summed E-state index contributed by atoms with van der Waals surface area (Å²) in [6, 6.07) is 11.6. The van der Waals surface area contributed by atoms with Gasteiger partial charge in [-0.25, -0.2) is 0 Å². The molecule has 0 radical (unpaired) electrons. The van der Waals surface area contributed by atoms with Gasteiger partial charge in [-0.15, -0.1) is 11.6 Å². The molecule has 0 aliphatic carbocycles. The fraction of sp³-hybridized carbons (Fsp3) is 0.222. The highest BCUT2D eigenvalue weighted by atomic mass is 35.5. The van der Waals surface area contributed by atoms with E-state index in [-0.39, 0.29) is 18.4 Å². The molecule has 5 nitrogen and oxygen atoms in total. The maximum Gasteiger partial charge on any atom is 0.237 e. The number of rotatable bonds is 7. The van der Waals surface area contributed by atoms with Crippen molar-refractivity contribution >= 4 is 40.7 Å². The Bertz CT molecular complexity index is 837. The summed E-state index contributed by atoms with van der Waals surface area (Å²) in [6.07, 6.45) is 0. The first kappa shape index (κ1) is 20.2. The predicted molar refractivity (Wildman–Crippen MR) is 102 cm³/mol. The van der Waals surface area contributed by atoms with Crippen LogP contribution in [0.1, 0.15) is 5.56 Å². The fourth-order valence-corrected chi connectivity index (χ4v) is 2.58. The smallest absolute Gasteiger partial charge is 0.237 e. The highest BCUT2D eigenvalue weighted by Crippen LogP contribution is 2.34. The molecule has 0 saturated carbocycles. The van der Waals surface area contributed by atoms with Crippen LogP contribution in [0.15, 0.2) is 36.4 Å². The molecule has 0 saturated heterocycles. The van der Waals surface area contributed by atoms with Gasteiger partial charge in [0.1, 0.15) is 29.7 Å². The lowest BCUT2D eigenvalue weighted by Gasteiger charge is -2.16. The quantitative estimate of drug-likeness (QED) is 0.615. The molecule has 8 heteroatoms. The van der Waals surface area contributed by atoms with Gasteiger partial charge in [0, 0.05) is 18.1 Å². The van der Waals surface area contributed by atoms with Gasteiger partial charge in [0.05, 0.1) is 23.2 Å². The van der Waals surface area contributed by atoms with Crippen LogP contribution in [0.2, 0.25) is 10.0 Å². The Morgan fingerprint density at radius 1 is 1.19 bits per heavy atom. The maximum atomic E-state index is 11.4. The van der Waals surface area contributed by atoms with Gasteiger partial charge in [0.2, 0.25) is 5.91 Å². The Hall–Kier alpha value is -2.13. The molecule has 1 amide bonds. The highest BCUT2D eigenvalue weighted by molar-refractivity contribution is 6.32. The van der Waals surface area contributed by atoms with Crippen molar-refractivity contribution in [2.75, 3.05) is 26.1 Å². The largest absolute Gasteiger partial charge is 0.492 e. The van der Waals surface area contributed by atoms with Gasteiger partial charge in [-0.2, -0.15) is 5.26 Å². The number of alkyl halides is 1. The minimum atomic E-state index is -0.176. The number of halogens is 3. The molecule has 0 atom stereocenters. The zero-order valence-corrected chi connectivity index (χ0v) is 16.1. The number of nitriles is 1. The van der Waals surface area contributed by atoms with E-state index in [1.165, 1.54) is 11.0 Å². The molecule has 0 N–H and O–H groups in total. The van der Waals surface area contributed by atoms with Crippen molar-refractivity contribution in [2.24, 2.45) is 0 Å². The van der Waals surface area contributed by atoms with E-state index in [0.29, 0.717) is 39.4 Å². The molecule has 26 heavy (non-hydrogen) atoms. The van der Waals surface area contributed by atoms with Crippen LogP contribution in [0.3, 0.4) is 0 Å². The van der Waals surface area contributed by atoms with Crippen LogP contribution >= 0.6 is 34.8 Å². The van der Waals surface area contributed by atoms with Crippen molar-refractivity contribution in [3.8, 4) is 23.3 Å². The zero-order valence-electron chi connectivity index (χ0n) is 13.8. The summed E-state index contributed by atoms with van der Waals surface area (Å²) in [7, 11) is 1.65. The van der Waals surface area contributed by atoms with Crippen LogP contribution in [0.5, 0.6) is 17.2 Å². The summed E-state index contributed by atoms with van der Waals surface area (Å²) in [5, 5.41) is 9.77. The molecule has 0 aliphatic rings. The monoisotopic (exact) mass is 412 g/mol. The van der Waals surface area contributed by atoms with Gasteiger partial charge >= 0.3 is 0 Å². The first-order valence-electron chi connectivity index (χ1n) is 7.53. The number of amides is 1. The molecule has 2 aromatic rings. The van der Waals surface area contributed by atoms with Crippen molar-refractivity contribution in [1.82, 2.24) is 4.90 Å². The molecule has 2 rings (SSSR count). The van der Waals surface area contributed by atoms with E-state index < -0.39 is 0 Å². The van der Waals surface area contributed by atoms with Crippen LogP contribution in [-0.4, -0.2) is 36.9 Å².